The van der Waals surface area contributed by atoms with Gasteiger partial charge in [0.1, 0.15) is 11.3 Å². The van der Waals surface area contributed by atoms with Gasteiger partial charge in [-0.15, -0.1) is 0 Å². The molecule has 2 aromatic rings. The summed E-state index contributed by atoms with van der Waals surface area (Å²) in [7, 11) is 1.66. The second kappa shape index (κ2) is 6.46. The summed E-state index contributed by atoms with van der Waals surface area (Å²) < 4.78 is 12.2. The molecule has 2 aliphatic heterocycles. The molecular formula is C18H23N3O3S. The first-order valence-corrected chi connectivity index (χ1v) is 9.49. The van der Waals surface area contributed by atoms with Gasteiger partial charge in [0, 0.05) is 26.2 Å². The van der Waals surface area contributed by atoms with Crippen molar-refractivity contribution in [1.29, 1.82) is 0 Å². The summed E-state index contributed by atoms with van der Waals surface area (Å²) in [5, 5.41) is 0.965. The smallest absolute Gasteiger partial charge is 0.229 e. The van der Waals surface area contributed by atoms with E-state index in [1.807, 2.05) is 30.9 Å². The number of rotatable bonds is 3. The number of carbonyl (C=O) groups is 1. The van der Waals surface area contributed by atoms with Gasteiger partial charge in [-0.25, -0.2) is 4.98 Å². The summed E-state index contributed by atoms with van der Waals surface area (Å²) in [4.78, 5) is 21.6. The van der Waals surface area contributed by atoms with Crippen molar-refractivity contribution in [2.24, 2.45) is 5.92 Å². The summed E-state index contributed by atoms with van der Waals surface area (Å²) in [6, 6.07) is 5.96. The van der Waals surface area contributed by atoms with Crippen LogP contribution in [0.25, 0.3) is 10.2 Å². The molecule has 2 saturated heterocycles. The molecule has 134 valence electrons. The lowest BCUT2D eigenvalue weighted by Crippen LogP contribution is -2.58. The molecule has 25 heavy (non-hydrogen) atoms. The topological polar surface area (TPSA) is 54.9 Å². The number of ether oxygens (including phenoxy) is 2. The third kappa shape index (κ3) is 3.06. The molecule has 0 aliphatic carbocycles. The molecule has 3 heterocycles. The molecule has 0 saturated carbocycles. The van der Waals surface area contributed by atoms with Crippen LogP contribution in [0.3, 0.4) is 0 Å². The second-order valence-corrected chi connectivity index (χ2v) is 7.91. The van der Waals surface area contributed by atoms with Crippen LogP contribution in [0, 0.1) is 5.92 Å². The molecule has 0 bridgehead atoms. The van der Waals surface area contributed by atoms with Gasteiger partial charge in [-0.3, -0.25) is 4.79 Å². The molecule has 0 N–H and O–H groups in total. The number of anilines is 1. The number of fused-ring (bicyclic) bond motifs is 1. The number of thiazole rings is 1. The summed E-state index contributed by atoms with van der Waals surface area (Å²) in [5.74, 6) is 1.10. The van der Waals surface area contributed by atoms with Crippen molar-refractivity contribution < 1.29 is 14.3 Å². The normalized spacial score (nSPS) is 24.4. The summed E-state index contributed by atoms with van der Waals surface area (Å²) in [6.45, 7) is 6.91. The highest BCUT2D eigenvalue weighted by molar-refractivity contribution is 7.22. The van der Waals surface area contributed by atoms with Crippen LogP contribution in [0.15, 0.2) is 18.2 Å². The van der Waals surface area contributed by atoms with E-state index in [0.29, 0.717) is 13.1 Å². The summed E-state index contributed by atoms with van der Waals surface area (Å²) in [6.07, 6.45) is 0.223. The van der Waals surface area contributed by atoms with Gasteiger partial charge in [0.2, 0.25) is 5.91 Å². The van der Waals surface area contributed by atoms with E-state index in [9.17, 15) is 4.79 Å². The maximum absolute atomic E-state index is 12.7. The predicted octanol–water partition coefficient (Wildman–Crippen LogP) is 2.38. The molecule has 6 nitrogen and oxygen atoms in total. The van der Waals surface area contributed by atoms with Crippen molar-refractivity contribution in [2.75, 3.05) is 38.2 Å². The average molecular weight is 361 g/mol. The van der Waals surface area contributed by atoms with Crippen molar-refractivity contribution in [1.82, 2.24) is 9.88 Å². The van der Waals surface area contributed by atoms with Gasteiger partial charge in [0.15, 0.2) is 5.13 Å². The van der Waals surface area contributed by atoms with Crippen molar-refractivity contribution >= 4 is 32.6 Å². The van der Waals surface area contributed by atoms with Gasteiger partial charge < -0.3 is 19.3 Å². The number of methoxy groups -OCH3 is 1. The van der Waals surface area contributed by atoms with Gasteiger partial charge in [-0.2, -0.15) is 0 Å². The fraction of sp³-hybridized carbons (Fsp3) is 0.556. The zero-order valence-corrected chi connectivity index (χ0v) is 15.6. The van der Waals surface area contributed by atoms with Gasteiger partial charge in [0.05, 0.1) is 29.9 Å². The fourth-order valence-electron chi connectivity index (χ4n) is 3.62. The molecule has 1 aromatic carbocycles. The molecule has 2 aliphatic rings. The third-order valence-electron chi connectivity index (χ3n) is 4.82. The van der Waals surface area contributed by atoms with Gasteiger partial charge >= 0.3 is 0 Å². The highest BCUT2D eigenvalue weighted by Crippen LogP contribution is 2.37. The Morgan fingerprint density at radius 1 is 1.24 bits per heavy atom. The van der Waals surface area contributed by atoms with Crippen LogP contribution in [0.1, 0.15) is 13.8 Å². The Labute approximate surface area is 151 Å². The van der Waals surface area contributed by atoms with E-state index in [2.05, 4.69) is 11.0 Å². The van der Waals surface area contributed by atoms with Crippen molar-refractivity contribution in [2.45, 2.75) is 26.1 Å². The summed E-state index contributed by atoms with van der Waals surface area (Å²) in [5.41, 5.74) is 0.899. The quantitative estimate of drug-likeness (QED) is 0.840. The molecule has 0 spiro atoms. The van der Waals surface area contributed by atoms with Crippen LogP contribution in [0.5, 0.6) is 5.75 Å². The second-order valence-electron chi connectivity index (χ2n) is 6.91. The Hall–Kier alpha value is -1.86. The highest BCUT2D eigenvalue weighted by atomic mass is 32.1. The molecule has 1 amide bonds. The number of para-hydroxylation sites is 1. The Bertz CT molecular complexity index is 777. The van der Waals surface area contributed by atoms with E-state index in [0.717, 1.165) is 34.2 Å². The first-order valence-electron chi connectivity index (χ1n) is 8.68. The number of carbonyl (C=O) groups excluding carboxylic acids is 1. The Morgan fingerprint density at radius 3 is 2.64 bits per heavy atom. The molecule has 7 heteroatoms. The van der Waals surface area contributed by atoms with Crippen LogP contribution in [0.2, 0.25) is 0 Å². The van der Waals surface area contributed by atoms with E-state index >= 15 is 0 Å². The number of aromatic nitrogens is 1. The van der Waals surface area contributed by atoms with Crippen LogP contribution < -0.4 is 9.64 Å². The predicted molar refractivity (Wildman–Crippen MR) is 98.5 cm³/mol. The lowest BCUT2D eigenvalue weighted by atomic mass is 9.98. The minimum atomic E-state index is 0.0615. The number of nitrogens with zero attached hydrogens (tertiary/aromatic N) is 3. The summed E-state index contributed by atoms with van der Waals surface area (Å²) >= 11 is 1.65. The van der Waals surface area contributed by atoms with E-state index in [1.54, 1.807) is 18.4 Å². The standard InChI is InChI=1S/C18H23N3O3S/c1-11-7-20(8-12(2)24-11)17(22)13-9-21(10-13)18-19-16-14(23-3)5-4-6-15(16)25-18/h4-6,11-13H,7-10H2,1-3H3. The van der Waals surface area contributed by atoms with Crippen LogP contribution in [0.4, 0.5) is 5.13 Å². The third-order valence-corrected chi connectivity index (χ3v) is 5.90. The van der Waals surface area contributed by atoms with E-state index in [-0.39, 0.29) is 24.0 Å². The SMILES string of the molecule is COc1cccc2sc(N3CC(C(=O)N4CC(C)OC(C)C4)C3)nc12. The molecule has 2 unspecified atom stereocenters. The Kier molecular flexibility index (Phi) is 4.29. The van der Waals surface area contributed by atoms with Crippen molar-refractivity contribution in [3.63, 3.8) is 0 Å². The van der Waals surface area contributed by atoms with E-state index in [4.69, 9.17) is 14.5 Å². The largest absolute Gasteiger partial charge is 0.494 e. The monoisotopic (exact) mass is 361 g/mol. The average Bonchev–Trinajstić information content (AvgIpc) is 2.95. The van der Waals surface area contributed by atoms with Crippen LogP contribution >= 0.6 is 11.3 Å². The lowest BCUT2D eigenvalue weighted by molar-refractivity contribution is -0.148. The minimum Gasteiger partial charge on any atom is -0.494 e. The molecular weight excluding hydrogens is 338 g/mol. The van der Waals surface area contributed by atoms with E-state index in [1.165, 1.54) is 0 Å². The fourth-order valence-corrected chi connectivity index (χ4v) is 4.62. The zero-order valence-electron chi connectivity index (χ0n) is 14.8. The number of hydrogen-bond donors (Lipinski definition) is 0. The number of hydrogen-bond acceptors (Lipinski definition) is 6. The first kappa shape index (κ1) is 16.6. The first-order chi connectivity index (χ1) is 12.0. The van der Waals surface area contributed by atoms with Crippen LogP contribution in [-0.2, 0) is 9.53 Å². The highest BCUT2D eigenvalue weighted by Gasteiger charge is 2.38. The number of amides is 1. The molecule has 2 atom stereocenters. The van der Waals surface area contributed by atoms with E-state index < -0.39 is 0 Å². The minimum absolute atomic E-state index is 0.0615. The van der Waals surface area contributed by atoms with Gasteiger partial charge in [-0.05, 0) is 26.0 Å². The molecule has 0 radical (unpaired) electrons. The maximum atomic E-state index is 12.7. The van der Waals surface area contributed by atoms with Crippen LogP contribution in [-0.4, -0.2) is 61.3 Å². The van der Waals surface area contributed by atoms with Gasteiger partial charge in [0.25, 0.3) is 0 Å². The number of morpholine rings is 1. The zero-order chi connectivity index (χ0) is 17.6. The number of benzene rings is 1. The molecule has 1 aromatic heterocycles. The molecule has 4 rings (SSSR count). The lowest BCUT2D eigenvalue weighted by Gasteiger charge is -2.43. The van der Waals surface area contributed by atoms with Crippen molar-refractivity contribution in [3.8, 4) is 5.75 Å². The molecule has 2 fully saturated rings. The van der Waals surface area contributed by atoms with Gasteiger partial charge in [-0.1, -0.05) is 17.4 Å². The maximum Gasteiger partial charge on any atom is 0.229 e. The van der Waals surface area contributed by atoms with Crippen molar-refractivity contribution in [3.05, 3.63) is 18.2 Å². The Balaban J connectivity index is 1.42. The Morgan fingerprint density at radius 2 is 1.96 bits per heavy atom.